The van der Waals surface area contributed by atoms with E-state index in [2.05, 4.69) is 11.9 Å². The van der Waals surface area contributed by atoms with E-state index in [4.69, 9.17) is 5.11 Å². The molecule has 2 N–H and O–H groups in total. The SMILES string of the molecule is C=CCN(C(=O)NCCc1ccccc1C(=O)O)C(C)C. The molecule has 0 atom stereocenters. The van der Waals surface area contributed by atoms with Gasteiger partial charge in [-0.3, -0.25) is 0 Å². The van der Waals surface area contributed by atoms with E-state index in [9.17, 15) is 9.59 Å². The van der Waals surface area contributed by atoms with Crippen molar-refractivity contribution in [3.63, 3.8) is 0 Å². The summed E-state index contributed by atoms with van der Waals surface area (Å²) in [5.41, 5.74) is 0.990. The summed E-state index contributed by atoms with van der Waals surface area (Å²) in [4.78, 5) is 24.8. The summed E-state index contributed by atoms with van der Waals surface area (Å²) >= 11 is 0. The molecule has 114 valence electrons. The van der Waals surface area contributed by atoms with Gasteiger partial charge in [-0.25, -0.2) is 9.59 Å². The van der Waals surface area contributed by atoms with E-state index >= 15 is 0 Å². The number of carbonyl (C=O) groups excluding carboxylic acids is 1. The highest BCUT2D eigenvalue weighted by Crippen LogP contribution is 2.09. The van der Waals surface area contributed by atoms with E-state index < -0.39 is 5.97 Å². The summed E-state index contributed by atoms with van der Waals surface area (Å²) in [6.45, 7) is 8.38. The molecule has 5 nitrogen and oxygen atoms in total. The minimum absolute atomic E-state index is 0.0781. The summed E-state index contributed by atoms with van der Waals surface area (Å²) < 4.78 is 0. The van der Waals surface area contributed by atoms with Crippen LogP contribution in [0.3, 0.4) is 0 Å². The highest BCUT2D eigenvalue weighted by atomic mass is 16.4. The highest BCUT2D eigenvalue weighted by molar-refractivity contribution is 5.89. The van der Waals surface area contributed by atoms with Gasteiger partial charge in [-0.1, -0.05) is 24.3 Å². The largest absolute Gasteiger partial charge is 0.478 e. The van der Waals surface area contributed by atoms with Crippen LogP contribution < -0.4 is 5.32 Å². The number of carboxylic acids is 1. The van der Waals surface area contributed by atoms with Crippen molar-refractivity contribution in [2.75, 3.05) is 13.1 Å². The van der Waals surface area contributed by atoms with Gasteiger partial charge in [0.2, 0.25) is 0 Å². The zero-order chi connectivity index (χ0) is 15.8. The lowest BCUT2D eigenvalue weighted by Crippen LogP contribution is -2.44. The van der Waals surface area contributed by atoms with Gasteiger partial charge in [-0.2, -0.15) is 0 Å². The van der Waals surface area contributed by atoms with E-state index in [0.717, 1.165) is 0 Å². The van der Waals surface area contributed by atoms with Gasteiger partial charge in [0, 0.05) is 19.1 Å². The third kappa shape index (κ3) is 4.95. The first-order valence-electron chi connectivity index (χ1n) is 6.94. The lowest BCUT2D eigenvalue weighted by atomic mass is 10.0. The molecule has 2 amide bonds. The van der Waals surface area contributed by atoms with Gasteiger partial charge < -0.3 is 15.3 Å². The van der Waals surface area contributed by atoms with Crippen molar-refractivity contribution < 1.29 is 14.7 Å². The maximum absolute atomic E-state index is 12.0. The molecular weight excluding hydrogens is 268 g/mol. The molecular formula is C16H22N2O3. The number of benzene rings is 1. The Labute approximate surface area is 125 Å². The van der Waals surface area contributed by atoms with Gasteiger partial charge in [-0.15, -0.1) is 6.58 Å². The van der Waals surface area contributed by atoms with Gasteiger partial charge in [0.25, 0.3) is 0 Å². The fraction of sp³-hybridized carbons (Fsp3) is 0.375. The van der Waals surface area contributed by atoms with Crippen molar-refractivity contribution in [1.82, 2.24) is 10.2 Å². The van der Waals surface area contributed by atoms with Crippen molar-refractivity contribution in [1.29, 1.82) is 0 Å². The van der Waals surface area contributed by atoms with E-state index in [-0.39, 0.29) is 17.6 Å². The van der Waals surface area contributed by atoms with Crippen LogP contribution in [0.4, 0.5) is 4.79 Å². The van der Waals surface area contributed by atoms with Crippen molar-refractivity contribution in [2.24, 2.45) is 0 Å². The molecule has 0 aromatic heterocycles. The van der Waals surface area contributed by atoms with Crippen LogP contribution in [0.25, 0.3) is 0 Å². The van der Waals surface area contributed by atoms with Crippen molar-refractivity contribution in [3.8, 4) is 0 Å². The second-order valence-electron chi connectivity index (χ2n) is 4.98. The van der Waals surface area contributed by atoms with E-state index in [1.165, 1.54) is 0 Å². The molecule has 0 bridgehead atoms. The average Bonchev–Trinajstić information content (AvgIpc) is 2.44. The highest BCUT2D eigenvalue weighted by Gasteiger charge is 2.15. The number of nitrogens with one attached hydrogen (secondary N) is 1. The molecule has 1 aromatic rings. The molecule has 5 heteroatoms. The summed E-state index contributed by atoms with van der Waals surface area (Å²) in [7, 11) is 0. The standard InChI is InChI=1S/C16H22N2O3/c1-4-11-18(12(2)3)16(21)17-10-9-13-7-5-6-8-14(13)15(19)20/h4-8,12H,1,9-11H2,2-3H3,(H,17,21)(H,19,20). The molecule has 0 aliphatic carbocycles. The Balaban J connectivity index is 2.59. The Hall–Kier alpha value is -2.30. The van der Waals surface area contributed by atoms with Crippen LogP contribution in [0.2, 0.25) is 0 Å². The van der Waals surface area contributed by atoms with E-state index in [1.54, 1.807) is 35.2 Å². The molecule has 0 saturated heterocycles. The molecule has 0 spiro atoms. The van der Waals surface area contributed by atoms with Crippen LogP contribution in [-0.4, -0.2) is 41.1 Å². The minimum atomic E-state index is -0.951. The summed E-state index contributed by atoms with van der Waals surface area (Å²) in [5, 5.41) is 11.9. The van der Waals surface area contributed by atoms with Crippen LogP contribution in [0, 0.1) is 0 Å². The second-order valence-corrected chi connectivity index (χ2v) is 4.98. The maximum atomic E-state index is 12.0. The predicted octanol–water partition coefficient (Wildman–Crippen LogP) is 2.53. The smallest absolute Gasteiger partial charge is 0.335 e. The first-order chi connectivity index (χ1) is 9.97. The number of nitrogens with zero attached hydrogens (tertiary/aromatic N) is 1. The molecule has 0 heterocycles. The van der Waals surface area contributed by atoms with Crippen LogP contribution in [0.15, 0.2) is 36.9 Å². The van der Waals surface area contributed by atoms with E-state index in [0.29, 0.717) is 25.1 Å². The Morgan fingerprint density at radius 3 is 2.62 bits per heavy atom. The number of hydrogen-bond donors (Lipinski definition) is 2. The number of urea groups is 1. The lowest BCUT2D eigenvalue weighted by Gasteiger charge is -2.25. The summed E-state index contributed by atoms with van der Waals surface area (Å²) in [6, 6.07) is 6.72. The van der Waals surface area contributed by atoms with Gasteiger partial charge in [0.15, 0.2) is 0 Å². The monoisotopic (exact) mass is 290 g/mol. The Morgan fingerprint density at radius 2 is 2.05 bits per heavy atom. The molecule has 0 aliphatic rings. The Morgan fingerprint density at radius 1 is 1.38 bits per heavy atom. The number of hydrogen-bond acceptors (Lipinski definition) is 2. The molecule has 0 aliphatic heterocycles. The average molecular weight is 290 g/mol. The number of rotatable bonds is 7. The van der Waals surface area contributed by atoms with Gasteiger partial charge in [0.05, 0.1) is 5.56 Å². The zero-order valence-corrected chi connectivity index (χ0v) is 12.5. The van der Waals surface area contributed by atoms with Crippen molar-refractivity contribution >= 4 is 12.0 Å². The molecule has 0 radical (unpaired) electrons. The minimum Gasteiger partial charge on any atom is -0.478 e. The van der Waals surface area contributed by atoms with Crippen LogP contribution in [0.5, 0.6) is 0 Å². The topological polar surface area (TPSA) is 69.6 Å². The second kappa shape index (κ2) is 8.09. The maximum Gasteiger partial charge on any atom is 0.335 e. The summed E-state index contributed by atoms with van der Waals surface area (Å²) in [5.74, 6) is -0.951. The van der Waals surface area contributed by atoms with Crippen LogP contribution in [-0.2, 0) is 6.42 Å². The normalized spacial score (nSPS) is 10.2. The fourth-order valence-electron chi connectivity index (χ4n) is 2.02. The van der Waals surface area contributed by atoms with Crippen molar-refractivity contribution in [3.05, 3.63) is 48.0 Å². The summed E-state index contributed by atoms with van der Waals surface area (Å²) in [6.07, 6.45) is 2.16. The molecule has 0 saturated carbocycles. The van der Waals surface area contributed by atoms with Gasteiger partial charge in [0.1, 0.15) is 0 Å². The Kier molecular flexibility index (Phi) is 6.46. The number of aromatic carboxylic acids is 1. The number of amides is 2. The van der Waals surface area contributed by atoms with Crippen LogP contribution >= 0.6 is 0 Å². The predicted molar refractivity (Wildman–Crippen MR) is 82.5 cm³/mol. The first kappa shape index (κ1) is 16.8. The first-order valence-corrected chi connectivity index (χ1v) is 6.94. The molecule has 0 fully saturated rings. The third-order valence-electron chi connectivity index (χ3n) is 3.13. The van der Waals surface area contributed by atoms with E-state index in [1.807, 2.05) is 13.8 Å². The molecule has 1 aromatic carbocycles. The molecule has 21 heavy (non-hydrogen) atoms. The third-order valence-corrected chi connectivity index (χ3v) is 3.13. The van der Waals surface area contributed by atoms with Gasteiger partial charge >= 0.3 is 12.0 Å². The lowest BCUT2D eigenvalue weighted by molar-refractivity contribution is 0.0695. The zero-order valence-electron chi connectivity index (χ0n) is 12.5. The molecule has 0 unspecified atom stereocenters. The quantitative estimate of drug-likeness (QED) is 0.758. The molecule has 1 rings (SSSR count). The Bertz CT molecular complexity index is 512. The van der Waals surface area contributed by atoms with Gasteiger partial charge in [-0.05, 0) is 31.9 Å². The van der Waals surface area contributed by atoms with Crippen LogP contribution in [0.1, 0.15) is 29.8 Å². The number of carboxylic acid groups (broad SMARTS) is 1. The number of carbonyl (C=O) groups is 2. The van der Waals surface area contributed by atoms with Crippen molar-refractivity contribution in [2.45, 2.75) is 26.3 Å². The fourth-order valence-corrected chi connectivity index (χ4v) is 2.02.